The lowest BCUT2D eigenvalue weighted by Gasteiger charge is -2.40. The second-order valence-corrected chi connectivity index (χ2v) is 24.1. The van der Waals surface area contributed by atoms with Gasteiger partial charge in [-0.25, -0.2) is 4.79 Å². The molecule has 0 aromatic heterocycles. The fourth-order valence-corrected chi connectivity index (χ4v) is 11.5. The number of carboxylic acids is 3. The summed E-state index contributed by atoms with van der Waals surface area (Å²) in [4.78, 5) is 161. The molecular weight excluding hydrogens is 1180 g/mol. The fourth-order valence-electron chi connectivity index (χ4n) is 10.3. The topological polar surface area (TPSA) is 446 Å². The van der Waals surface area contributed by atoms with E-state index in [1.807, 2.05) is 6.92 Å². The van der Waals surface area contributed by atoms with Crippen molar-refractivity contribution in [3.8, 4) is 0 Å². The first-order valence-corrected chi connectivity index (χ1v) is 31.0. The van der Waals surface area contributed by atoms with E-state index in [0.717, 1.165) is 23.6 Å². The van der Waals surface area contributed by atoms with Gasteiger partial charge < -0.3 is 78.3 Å². The molecule has 89 heavy (non-hydrogen) atoms. The molecule has 15 N–H and O–H groups in total. The number of carbonyl (C=O) groups excluding carboxylic acids is 9. The molecule has 2 aromatic rings. The smallest absolute Gasteiger partial charge is 0.326 e. The molecule has 0 spiro atoms. The number of nitrogens with one attached hydrogen (secondary N) is 8. The Kier molecular flexibility index (Phi) is 31.1. The normalized spacial score (nSPS) is 20.6. The molecule has 13 atom stereocenters. The molecule has 1 aliphatic heterocycles. The Labute approximate surface area is 520 Å². The van der Waals surface area contributed by atoms with Crippen molar-refractivity contribution in [3.05, 3.63) is 71.8 Å². The van der Waals surface area contributed by atoms with Crippen LogP contribution in [0.3, 0.4) is 0 Å². The number of imide groups is 1. The van der Waals surface area contributed by atoms with Gasteiger partial charge in [-0.1, -0.05) is 101 Å². The van der Waals surface area contributed by atoms with Gasteiger partial charge >= 0.3 is 17.9 Å². The molecule has 2 aromatic carbocycles. The highest BCUT2D eigenvalue weighted by molar-refractivity contribution is 8.00. The van der Waals surface area contributed by atoms with Crippen LogP contribution in [-0.4, -0.2) is 209 Å². The summed E-state index contributed by atoms with van der Waals surface area (Å²) in [7, 11) is 0. The molecule has 0 radical (unpaired) electrons. The summed E-state index contributed by atoms with van der Waals surface area (Å²) in [6, 6.07) is 5.16. The summed E-state index contributed by atoms with van der Waals surface area (Å²) < 4.78 is 0. The van der Waals surface area contributed by atoms with Gasteiger partial charge in [0.05, 0.1) is 36.0 Å². The lowest BCUT2D eigenvalue weighted by Crippen LogP contribution is -2.60. The van der Waals surface area contributed by atoms with Crippen molar-refractivity contribution in [1.82, 2.24) is 47.4 Å². The highest BCUT2D eigenvalue weighted by atomic mass is 32.2. The van der Waals surface area contributed by atoms with Crippen LogP contribution in [0.4, 0.5) is 0 Å². The number of nitrogens with zero attached hydrogens (tertiary/aromatic N) is 1. The van der Waals surface area contributed by atoms with Gasteiger partial charge in [-0.2, -0.15) is 0 Å². The van der Waals surface area contributed by atoms with Gasteiger partial charge in [-0.15, -0.1) is 11.8 Å². The molecule has 0 bridgehead atoms. The maximum Gasteiger partial charge on any atom is 0.326 e. The molecule has 1 saturated heterocycles. The Balaban J connectivity index is 1.53. The number of carboxylic acid groups (broad SMARTS) is 3. The van der Waals surface area contributed by atoms with Crippen LogP contribution < -0.4 is 42.5 Å². The Bertz CT molecular complexity index is 2730. The summed E-state index contributed by atoms with van der Waals surface area (Å²) in [5.74, 6) is -13.2. The van der Waals surface area contributed by atoms with Crippen LogP contribution >= 0.6 is 11.8 Å². The maximum absolute atomic E-state index is 14.7. The van der Waals surface area contributed by atoms with Crippen LogP contribution in [0, 0.1) is 11.8 Å². The molecule has 29 heteroatoms. The number of hydrogen-bond acceptors (Lipinski definition) is 18. The first-order valence-electron chi connectivity index (χ1n) is 29.9. The number of rotatable bonds is 39. The van der Waals surface area contributed by atoms with Gasteiger partial charge in [0.15, 0.2) is 0 Å². The Morgan fingerprint density at radius 3 is 1.62 bits per heavy atom. The molecule has 2 aliphatic rings. The molecule has 9 amide bonds. The molecule has 1 heterocycles. The van der Waals surface area contributed by atoms with Crippen molar-refractivity contribution >= 4 is 82.8 Å². The third kappa shape index (κ3) is 24.7. The quantitative estimate of drug-likeness (QED) is 0.0271. The van der Waals surface area contributed by atoms with E-state index in [0.29, 0.717) is 43.2 Å². The third-order valence-electron chi connectivity index (χ3n) is 15.1. The van der Waals surface area contributed by atoms with E-state index in [2.05, 4.69) is 42.5 Å². The van der Waals surface area contributed by atoms with Crippen molar-refractivity contribution in [2.24, 2.45) is 11.8 Å². The molecule has 2 fully saturated rings. The Hall–Kier alpha value is -7.57. The van der Waals surface area contributed by atoms with Crippen LogP contribution in [0.5, 0.6) is 0 Å². The average molecular weight is 1270 g/mol. The van der Waals surface area contributed by atoms with Gasteiger partial charge in [0, 0.05) is 57.4 Å². The van der Waals surface area contributed by atoms with E-state index >= 15 is 0 Å². The number of aliphatic hydroxyl groups excluding tert-OH is 4. The molecule has 4 rings (SSSR count). The van der Waals surface area contributed by atoms with Crippen LogP contribution in [-0.2, 0) is 70.4 Å². The Morgan fingerprint density at radius 2 is 1.11 bits per heavy atom. The zero-order chi connectivity index (χ0) is 65.9. The number of aliphatic carboxylic acids is 3. The molecule has 9 unspecified atom stereocenters. The van der Waals surface area contributed by atoms with E-state index in [1.165, 1.54) is 0 Å². The van der Waals surface area contributed by atoms with Crippen molar-refractivity contribution in [2.75, 3.05) is 25.4 Å². The van der Waals surface area contributed by atoms with Gasteiger partial charge in [0.1, 0.15) is 42.3 Å². The number of aliphatic hydroxyl groups is 4. The standard InChI is InChI=1S/C60H87N9O19S/c1-5-6-9-20-38(53(80)67-42(29-49(76)77)57(84)64-39(21-22-48(74)75)54(81)68-43(60(87)88)25-33(2)3)63-55(82)40(26-35-16-10-7-11-17-35)65-56(83)41(27-36-18-12-8-13-19-36)66-58(85)44(62-34(4)71)32-89-46-30-47(73)69(59(46)86)24-15-14-23-61-50-45(72)28-37(31-70)51(78)52(50)79/h7-8,10-13,16-19,33,37-46,50-52,61,70,72,78-79H,5-6,9,14-15,20-32H2,1-4H3,(H,62,71)(H,63,82)(H,64,84)(H,65,83)(H,66,85)(H,67,80)(H,68,81)(H,74,75)(H,76,77)(H,87,88)/t37-,38?,39?,40?,41?,42?,43?,44?,45?,46?,50+,51-,52-/m1/s1. The first kappa shape index (κ1) is 73.9. The number of benzene rings is 2. The van der Waals surface area contributed by atoms with Gasteiger partial charge in [-0.3, -0.25) is 57.6 Å². The van der Waals surface area contributed by atoms with E-state index < -0.39 is 175 Å². The van der Waals surface area contributed by atoms with Crippen LogP contribution in [0.2, 0.25) is 0 Å². The number of carbonyl (C=O) groups is 12. The van der Waals surface area contributed by atoms with Crippen LogP contribution in [0.25, 0.3) is 0 Å². The van der Waals surface area contributed by atoms with Crippen molar-refractivity contribution < 1.29 is 93.3 Å². The number of amides is 9. The summed E-state index contributed by atoms with van der Waals surface area (Å²) in [6.07, 6.45) is -4.21. The highest BCUT2D eigenvalue weighted by Gasteiger charge is 2.43. The molecular formula is C60H87N9O19S. The van der Waals surface area contributed by atoms with Crippen LogP contribution in [0.1, 0.15) is 116 Å². The number of unbranched alkanes of at least 4 members (excludes halogenated alkanes) is 3. The summed E-state index contributed by atoms with van der Waals surface area (Å²) >= 11 is 0.944. The maximum atomic E-state index is 14.7. The molecule has 1 saturated carbocycles. The zero-order valence-corrected chi connectivity index (χ0v) is 51.3. The lowest BCUT2D eigenvalue weighted by molar-refractivity contribution is -0.144. The predicted molar refractivity (Wildman–Crippen MR) is 322 cm³/mol. The third-order valence-corrected chi connectivity index (χ3v) is 16.4. The summed E-state index contributed by atoms with van der Waals surface area (Å²) in [6.45, 7) is 6.31. The van der Waals surface area contributed by atoms with Crippen molar-refractivity contribution in [1.29, 1.82) is 0 Å². The summed E-state index contributed by atoms with van der Waals surface area (Å²) in [5.41, 5.74) is 1.10. The van der Waals surface area contributed by atoms with Gasteiger partial charge in [0.2, 0.25) is 53.2 Å². The average Bonchev–Trinajstić information content (AvgIpc) is 3.84. The summed E-state index contributed by atoms with van der Waals surface area (Å²) in [5, 5.41) is 89.3. The minimum atomic E-state index is -1.93. The number of likely N-dealkylation sites (tertiary alicyclic amines) is 1. The van der Waals surface area contributed by atoms with Gasteiger partial charge in [-0.05, 0) is 62.1 Å². The number of thioether (sulfide) groups is 1. The first-order chi connectivity index (χ1) is 42.2. The molecule has 1 aliphatic carbocycles. The van der Waals surface area contributed by atoms with Crippen molar-refractivity contribution in [3.63, 3.8) is 0 Å². The number of hydrogen-bond donors (Lipinski definition) is 15. The zero-order valence-electron chi connectivity index (χ0n) is 50.5. The largest absolute Gasteiger partial charge is 0.481 e. The molecule has 28 nitrogen and oxygen atoms in total. The highest BCUT2D eigenvalue weighted by Crippen LogP contribution is 2.28. The van der Waals surface area contributed by atoms with Crippen LogP contribution in [0.15, 0.2) is 60.7 Å². The second kappa shape index (κ2) is 37.4. The van der Waals surface area contributed by atoms with E-state index in [1.54, 1.807) is 74.5 Å². The van der Waals surface area contributed by atoms with E-state index in [-0.39, 0.29) is 63.3 Å². The molecule has 492 valence electrons. The predicted octanol–water partition coefficient (Wildman–Crippen LogP) is -1.37. The van der Waals surface area contributed by atoms with Gasteiger partial charge in [0.25, 0.3) is 0 Å². The Morgan fingerprint density at radius 1 is 0.607 bits per heavy atom. The monoisotopic (exact) mass is 1270 g/mol. The second-order valence-electron chi connectivity index (χ2n) is 22.8. The van der Waals surface area contributed by atoms with E-state index in [4.69, 9.17) is 0 Å². The minimum Gasteiger partial charge on any atom is -0.481 e. The lowest BCUT2D eigenvalue weighted by atomic mass is 9.80. The fraction of sp³-hybridized carbons (Fsp3) is 0.600. The van der Waals surface area contributed by atoms with E-state index in [9.17, 15) is 93.3 Å². The minimum absolute atomic E-state index is 0.0301. The van der Waals surface area contributed by atoms with Crippen molar-refractivity contribution in [2.45, 2.75) is 189 Å². The SMILES string of the molecule is CCCCCC(NC(=O)C(Cc1ccccc1)NC(=O)C(Cc1ccccc1)NC(=O)C(CSC1CC(=O)N(CCCCN[C@H]2C(O)C[C@H](CO)[C@@H](O)[C@@H]2O)C1=O)NC(C)=O)C(=O)NC(CC(=O)O)C(=O)NC(CCC(=O)O)C(=O)NC(CC(C)C)C(=O)O.